The van der Waals surface area contributed by atoms with Crippen molar-refractivity contribution in [2.45, 2.75) is 25.6 Å². The number of carbonyl (C=O) groups excluding carboxylic acids is 1. The van der Waals surface area contributed by atoms with E-state index >= 15 is 0 Å². The van der Waals surface area contributed by atoms with Crippen LogP contribution in [-0.2, 0) is 16.0 Å². The number of nitrogens with one attached hydrogen (secondary N) is 1. The van der Waals surface area contributed by atoms with Crippen molar-refractivity contribution in [1.29, 1.82) is 0 Å². The third kappa shape index (κ3) is 3.04. The number of hydrogen-bond acceptors (Lipinski definition) is 3. The number of rotatable bonds is 4. The smallest absolute Gasteiger partial charge is 0.318 e. The van der Waals surface area contributed by atoms with Crippen molar-refractivity contribution < 1.29 is 14.3 Å². The van der Waals surface area contributed by atoms with Gasteiger partial charge in [-0.1, -0.05) is 30.3 Å². The SMILES string of the molecule is CCO[C@@H]1CN(C(=O)NCc2ccccc2)[C@H]2COC[C@@H]12. The van der Waals surface area contributed by atoms with Crippen LogP contribution in [0.4, 0.5) is 4.79 Å². The molecule has 5 heteroatoms. The highest BCUT2D eigenvalue weighted by Gasteiger charge is 2.47. The maximum absolute atomic E-state index is 12.4. The second kappa shape index (κ2) is 6.45. The highest BCUT2D eigenvalue weighted by Crippen LogP contribution is 2.32. The molecule has 2 saturated heterocycles. The largest absolute Gasteiger partial charge is 0.379 e. The van der Waals surface area contributed by atoms with Gasteiger partial charge in [-0.05, 0) is 12.5 Å². The number of amides is 2. The average molecular weight is 290 g/mol. The first-order chi connectivity index (χ1) is 10.3. The van der Waals surface area contributed by atoms with Crippen molar-refractivity contribution in [3.05, 3.63) is 35.9 Å². The minimum atomic E-state index is -0.0263. The molecule has 0 radical (unpaired) electrons. The zero-order chi connectivity index (χ0) is 14.7. The van der Waals surface area contributed by atoms with E-state index < -0.39 is 0 Å². The molecule has 1 N–H and O–H groups in total. The van der Waals surface area contributed by atoms with Crippen LogP contribution in [0.2, 0.25) is 0 Å². The molecule has 2 amide bonds. The Balaban J connectivity index is 1.59. The number of fused-ring (bicyclic) bond motifs is 1. The lowest BCUT2D eigenvalue weighted by Crippen LogP contribution is -2.44. The van der Waals surface area contributed by atoms with Crippen LogP contribution in [-0.4, -0.2) is 49.4 Å². The first-order valence-electron chi connectivity index (χ1n) is 7.57. The molecule has 3 rings (SSSR count). The molecule has 114 valence electrons. The summed E-state index contributed by atoms with van der Waals surface area (Å²) in [6.45, 7) is 5.18. The molecule has 0 unspecified atom stereocenters. The predicted octanol–water partition coefficient (Wildman–Crippen LogP) is 1.63. The first-order valence-corrected chi connectivity index (χ1v) is 7.57. The molecule has 2 fully saturated rings. The Kier molecular flexibility index (Phi) is 4.41. The van der Waals surface area contributed by atoms with Crippen LogP contribution < -0.4 is 5.32 Å². The molecule has 2 heterocycles. The Morgan fingerprint density at radius 3 is 2.95 bits per heavy atom. The van der Waals surface area contributed by atoms with Gasteiger partial charge in [0.25, 0.3) is 0 Å². The van der Waals surface area contributed by atoms with Gasteiger partial charge in [0, 0.05) is 25.6 Å². The highest BCUT2D eigenvalue weighted by molar-refractivity contribution is 5.75. The molecular weight excluding hydrogens is 268 g/mol. The number of ether oxygens (including phenoxy) is 2. The summed E-state index contributed by atoms with van der Waals surface area (Å²) in [5, 5.41) is 2.99. The van der Waals surface area contributed by atoms with E-state index in [0.29, 0.717) is 38.8 Å². The molecular formula is C16H22N2O3. The van der Waals surface area contributed by atoms with Gasteiger partial charge in [-0.2, -0.15) is 0 Å². The molecule has 0 saturated carbocycles. The summed E-state index contributed by atoms with van der Waals surface area (Å²) < 4.78 is 11.3. The van der Waals surface area contributed by atoms with Crippen molar-refractivity contribution in [3.63, 3.8) is 0 Å². The van der Waals surface area contributed by atoms with E-state index in [0.717, 1.165) is 5.56 Å². The van der Waals surface area contributed by atoms with E-state index in [9.17, 15) is 4.79 Å². The third-order valence-electron chi connectivity index (χ3n) is 4.28. The fraction of sp³-hybridized carbons (Fsp3) is 0.562. The maximum atomic E-state index is 12.4. The van der Waals surface area contributed by atoms with Gasteiger partial charge in [0.05, 0.1) is 25.4 Å². The zero-order valence-corrected chi connectivity index (χ0v) is 12.3. The molecule has 1 aromatic carbocycles. The van der Waals surface area contributed by atoms with Gasteiger partial charge in [-0.25, -0.2) is 4.79 Å². The van der Waals surface area contributed by atoms with Gasteiger partial charge >= 0.3 is 6.03 Å². The Hall–Kier alpha value is -1.59. The Morgan fingerprint density at radius 1 is 1.38 bits per heavy atom. The summed E-state index contributed by atoms with van der Waals surface area (Å²) in [7, 11) is 0. The fourth-order valence-corrected chi connectivity index (χ4v) is 3.20. The number of nitrogens with zero attached hydrogens (tertiary/aromatic N) is 1. The van der Waals surface area contributed by atoms with Crippen molar-refractivity contribution in [2.75, 3.05) is 26.4 Å². The summed E-state index contributed by atoms with van der Waals surface area (Å²) in [5.74, 6) is 0.312. The predicted molar refractivity (Wildman–Crippen MR) is 78.9 cm³/mol. The topological polar surface area (TPSA) is 50.8 Å². The Morgan fingerprint density at radius 2 is 2.19 bits per heavy atom. The minimum Gasteiger partial charge on any atom is -0.379 e. The normalized spacial score (nSPS) is 27.7. The van der Waals surface area contributed by atoms with Gasteiger partial charge < -0.3 is 19.7 Å². The summed E-state index contributed by atoms with van der Waals surface area (Å²) in [4.78, 5) is 14.3. The van der Waals surface area contributed by atoms with Crippen LogP contribution in [0, 0.1) is 5.92 Å². The number of urea groups is 1. The van der Waals surface area contributed by atoms with Crippen LogP contribution in [0.25, 0.3) is 0 Å². The van der Waals surface area contributed by atoms with E-state index in [1.807, 2.05) is 42.2 Å². The quantitative estimate of drug-likeness (QED) is 0.917. The van der Waals surface area contributed by atoms with E-state index in [-0.39, 0.29) is 18.2 Å². The second-order valence-electron chi connectivity index (χ2n) is 5.56. The lowest BCUT2D eigenvalue weighted by atomic mass is 10.0. The average Bonchev–Trinajstić information content (AvgIpc) is 3.10. The lowest BCUT2D eigenvalue weighted by molar-refractivity contribution is 0.0288. The molecule has 0 bridgehead atoms. The van der Waals surface area contributed by atoms with Crippen LogP contribution in [0.15, 0.2) is 30.3 Å². The van der Waals surface area contributed by atoms with Crippen molar-refractivity contribution in [2.24, 2.45) is 5.92 Å². The van der Waals surface area contributed by atoms with E-state index in [4.69, 9.17) is 9.47 Å². The van der Waals surface area contributed by atoms with E-state index in [2.05, 4.69) is 5.32 Å². The molecule has 2 aliphatic rings. The van der Waals surface area contributed by atoms with Crippen LogP contribution in [0.3, 0.4) is 0 Å². The Labute approximate surface area is 125 Å². The summed E-state index contributed by atoms with van der Waals surface area (Å²) in [6, 6.07) is 10.1. The summed E-state index contributed by atoms with van der Waals surface area (Å²) in [5.41, 5.74) is 1.10. The Bertz CT molecular complexity index is 480. The van der Waals surface area contributed by atoms with E-state index in [1.165, 1.54) is 0 Å². The molecule has 5 nitrogen and oxygen atoms in total. The molecule has 21 heavy (non-hydrogen) atoms. The highest BCUT2D eigenvalue weighted by atomic mass is 16.5. The molecule has 0 spiro atoms. The van der Waals surface area contributed by atoms with Crippen LogP contribution in [0.5, 0.6) is 0 Å². The lowest BCUT2D eigenvalue weighted by Gasteiger charge is -2.22. The molecule has 2 aliphatic heterocycles. The van der Waals surface area contributed by atoms with Crippen LogP contribution in [0.1, 0.15) is 12.5 Å². The monoisotopic (exact) mass is 290 g/mol. The number of benzene rings is 1. The third-order valence-corrected chi connectivity index (χ3v) is 4.28. The number of carbonyl (C=O) groups is 1. The van der Waals surface area contributed by atoms with Gasteiger partial charge in [0.15, 0.2) is 0 Å². The molecule has 1 aromatic rings. The van der Waals surface area contributed by atoms with Crippen molar-refractivity contribution in [1.82, 2.24) is 10.2 Å². The number of hydrogen-bond donors (Lipinski definition) is 1. The van der Waals surface area contributed by atoms with Gasteiger partial charge in [0.1, 0.15) is 0 Å². The molecule has 0 aliphatic carbocycles. The maximum Gasteiger partial charge on any atom is 0.318 e. The molecule has 3 atom stereocenters. The second-order valence-corrected chi connectivity index (χ2v) is 5.56. The molecule has 0 aromatic heterocycles. The van der Waals surface area contributed by atoms with Gasteiger partial charge in [-0.3, -0.25) is 0 Å². The zero-order valence-electron chi connectivity index (χ0n) is 12.3. The fourth-order valence-electron chi connectivity index (χ4n) is 3.20. The minimum absolute atomic E-state index is 0.0263. The number of likely N-dealkylation sites (tertiary alicyclic amines) is 1. The van der Waals surface area contributed by atoms with Crippen LogP contribution >= 0.6 is 0 Å². The van der Waals surface area contributed by atoms with Crippen molar-refractivity contribution in [3.8, 4) is 0 Å². The van der Waals surface area contributed by atoms with Gasteiger partial charge in [0.2, 0.25) is 0 Å². The standard InChI is InChI=1S/C16H22N2O3/c1-2-21-15-9-18(14-11-20-10-13(14)15)16(19)17-8-12-6-4-3-5-7-12/h3-7,13-15H,2,8-11H2,1H3,(H,17,19)/t13-,14+,15-/m1/s1. The first kappa shape index (κ1) is 14.4. The summed E-state index contributed by atoms with van der Waals surface area (Å²) in [6.07, 6.45) is 0.102. The summed E-state index contributed by atoms with van der Waals surface area (Å²) >= 11 is 0. The van der Waals surface area contributed by atoms with E-state index in [1.54, 1.807) is 0 Å². The van der Waals surface area contributed by atoms with Gasteiger partial charge in [-0.15, -0.1) is 0 Å². The van der Waals surface area contributed by atoms with Crippen molar-refractivity contribution >= 4 is 6.03 Å².